The summed E-state index contributed by atoms with van der Waals surface area (Å²) in [5.41, 5.74) is 0. The molecular weight excluding hydrogens is 339 g/mol. The van der Waals surface area contributed by atoms with Gasteiger partial charge in [-0.1, -0.05) is 0 Å². The molecule has 0 aromatic heterocycles. The van der Waals surface area contributed by atoms with Gasteiger partial charge in [0.25, 0.3) is 0 Å². The zero-order valence-corrected chi connectivity index (χ0v) is 7.40. The SMILES string of the molecule is [Co+2].[OH-].[OH-].[OH-].[OH-].[OH-].[OH-].[W+4]. The molecule has 1 radical (unpaired) electrons. The van der Waals surface area contributed by atoms with Gasteiger partial charge in [0.2, 0.25) is 0 Å². The Morgan fingerprint density at radius 2 is 0.375 bits per heavy atom. The second-order valence-corrected chi connectivity index (χ2v) is 0. The van der Waals surface area contributed by atoms with Crippen molar-refractivity contribution < 1.29 is 70.7 Å². The van der Waals surface area contributed by atoms with Crippen molar-refractivity contribution in [1.29, 1.82) is 0 Å². The van der Waals surface area contributed by atoms with Crippen LogP contribution in [0.2, 0.25) is 0 Å². The molecule has 0 aliphatic rings. The van der Waals surface area contributed by atoms with E-state index in [-0.39, 0.29) is 70.7 Å². The molecule has 0 bridgehead atoms. The summed E-state index contributed by atoms with van der Waals surface area (Å²) in [7, 11) is 0. The second-order valence-electron chi connectivity index (χ2n) is 0. The van der Waals surface area contributed by atoms with Crippen LogP contribution in [0.15, 0.2) is 0 Å². The summed E-state index contributed by atoms with van der Waals surface area (Å²) < 4.78 is 0. The quantitative estimate of drug-likeness (QED) is 0.539. The van der Waals surface area contributed by atoms with Crippen LogP contribution in [-0.4, -0.2) is 32.9 Å². The zero-order valence-electron chi connectivity index (χ0n) is 3.42. The summed E-state index contributed by atoms with van der Waals surface area (Å²) in [6, 6.07) is 0. The van der Waals surface area contributed by atoms with Crippen LogP contribution >= 0.6 is 0 Å². The molecule has 0 amide bonds. The Hall–Kier alpha value is 0.955. The van der Waals surface area contributed by atoms with Gasteiger partial charge in [-0.15, -0.1) is 0 Å². The second kappa shape index (κ2) is 422. The molecule has 0 saturated heterocycles. The third-order valence-electron chi connectivity index (χ3n) is 0. The monoisotopic (exact) mass is 345 g/mol. The fraction of sp³-hybridized carbons (Fsp3) is 0. The van der Waals surface area contributed by atoms with Crippen LogP contribution < -0.4 is 0 Å². The average Bonchev–Trinajstić information content (AvgIpc) is 0. The van der Waals surface area contributed by atoms with E-state index in [1.54, 1.807) is 0 Å². The molecule has 0 heterocycles. The molecule has 0 aliphatic heterocycles. The molecule has 0 aromatic rings. The van der Waals surface area contributed by atoms with Crippen LogP contribution in [0.25, 0.3) is 0 Å². The maximum absolute atomic E-state index is 0. The van der Waals surface area contributed by atoms with E-state index in [1.165, 1.54) is 0 Å². The zero-order chi connectivity index (χ0) is 0. The average molecular weight is 345 g/mol. The van der Waals surface area contributed by atoms with Crippen LogP contribution in [0, 0.1) is 0 Å². The summed E-state index contributed by atoms with van der Waals surface area (Å²) >= 11 is 0. The Labute approximate surface area is 71.0 Å². The van der Waals surface area contributed by atoms with Gasteiger partial charge in [0, 0.05) is 0 Å². The Balaban J connectivity index is 0. The van der Waals surface area contributed by atoms with E-state index in [1.807, 2.05) is 0 Å². The summed E-state index contributed by atoms with van der Waals surface area (Å²) in [6.07, 6.45) is 0. The molecule has 6 N–H and O–H groups in total. The van der Waals surface area contributed by atoms with Gasteiger partial charge in [0.1, 0.15) is 0 Å². The Bertz CT molecular complexity index is 8.49. The molecule has 6 nitrogen and oxygen atoms in total. The Morgan fingerprint density at radius 3 is 0.375 bits per heavy atom. The van der Waals surface area contributed by atoms with Crippen LogP contribution in [0.5, 0.6) is 0 Å². The molecule has 0 saturated carbocycles. The van der Waals surface area contributed by atoms with E-state index in [0.29, 0.717) is 0 Å². The summed E-state index contributed by atoms with van der Waals surface area (Å²) in [4.78, 5) is 0. The van der Waals surface area contributed by atoms with Crippen LogP contribution in [-0.2, 0) is 37.8 Å². The smallest absolute Gasteiger partial charge is 0.870 e. The predicted octanol–water partition coefficient (Wildman–Crippen LogP) is -1.07. The van der Waals surface area contributed by atoms with Crippen molar-refractivity contribution in [2.45, 2.75) is 0 Å². The first-order valence-electron chi connectivity index (χ1n) is 0. The van der Waals surface area contributed by atoms with Crippen molar-refractivity contribution in [3.05, 3.63) is 0 Å². The number of rotatable bonds is 0. The van der Waals surface area contributed by atoms with Crippen molar-refractivity contribution >= 4 is 0 Å². The fourth-order valence-corrected chi connectivity index (χ4v) is 0. The van der Waals surface area contributed by atoms with Crippen molar-refractivity contribution in [3.8, 4) is 0 Å². The first-order chi connectivity index (χ1) is 0. The van der Waals surface area contributed by atoms with Crippen LogP contribution in [0.3, 0.4) is 0 Å². The molecule has 0 spiro atoms. The summed E-state index contributed by atoms with van der Waals surface area (Å²) in [6.45, 7) is 0. The van der Waals surface area contributed by atoms with Crippen LogP contribution in [0.1, 0.15) is 0 Å². The number of hydrogen-bond acceptors (Lipinski definition) is 6. The normalized spacial score (nSPS) is 0. The van der Waals surface area contributed by atoms with E-state index < -0.39 is 0 Å². The fourth-order valence-electron chi connectivity index (χ4n) is 0. The van der Waals surface area contributed by atoms with E-state index in [2.05, 4.69) is 0 Å². The van der Waals surface area contributed by atoms with Gasteiger partial charge in [-0.25, -0.2) is 0 Å². The first-order valence-corrected chi connectivity index (χ1v) is 0. The molecule has 0 unspecified atom stereocenters. The van der Waals surface area contributed by atoms with Crippen LogP contribution in [0.4, 0.5) is 0 Å². The summed E-state index contributed by atoms with van der Waals surface area (Å²) in [5, 5.41) is 0. The third-order valence-corrected chi connectivity index (χ3v) is 0. The van der Waals surface area contributed by atoms with Crippen molar-refractivity contribution in [2.75, 3.05) is 0 Å². The molecule has 0 fully saturated rings. The van der Waals surface area contributed by atoms with Gasteiger partial charge in [-0.3, -0.25) is 0 Å². The Morgan fingerprint density at radius 1 is 0.375 bits per heavy atom. The van der Waals surface area contributed by atoms with Gasteiger partial charge in [0.15, 0.2) is 0 Å². The van der Waals surface area contributed by atoms with Crippen molar-refractivity contribution in [1.82, 2.24) is 0 Å². The van der Waals surface area contributed by atoms with E-state index in [9.17, 15) is 0 Å². The van der Waals surface area contributed by atoms with Gasteiger partial charge in [0.05, 0.1) is 0 Å². The molecular formula is H6CoO6W. The minimum Gasteiger partial charge on any atom is -0.870 e. The molecule has 0 aromatic carbocycles. The van der Waals surface area contributed by atoms with Gasteiger partial charge < -0.3 is 32.9 Å². The molecule has 0 atom stereocenters. The van der Waals surface area contributed by atoms with E-state index in [4.69, 9.17) is 0 Å². The molecule has 8 heavy (non-hydrogen) atoms. The van der Waals surface area contributed by atoms with E-state index in [0.717, 1.165) is 0 Å². The molecule has 0 rings (SSSR count). The topological polar surface area (TPSA) is 180 Å². The largest absolute Gasteiger partial charge is 4.00 e. The minimum absolute atomic E-state index is 0. The maximum Gasteiger partial charge on any atom is 4.00 e. The first kappa shape index (κ1) is 622. The molecule has 8 heteroatoms. The number of hydrogen-bond donors (Lipinski definition) is 0. The standard InChI is InChI=1S/Co.6H2O.W/h;6*1H2;/q+2;;;;;;;+4/p-6. The third kappa shape index (κ3) is 271. The summed E-state index contributed by atoms with van der Waals surface area (Å²) in [5.74, 6) is 0. The predicted molar refractivity (Wildman–Crippen MR) is 11.6 cm³/mol. The van der Waals surface area contributed by atoms with Gasteiger partial charge in [-0.2, -0.15) is 0 Å². The van der Waals surface area contributed by atoms with E-state index >= 15 is 0 Å². The van der Waals surface area contributed by atoms with Gasteiger partial charge >= 0.3 is 37.8 Å². The Kier molecular flexibility index (Phi) is 32800. The molecule has 57 valence electrons. The molecule has 0 aliphatic carbocycles. The van der Waals surface area contributed by atoms with Crippen molar-refractivity contribution in [3.63, 3.8) is 0 Å². The van der Waals surface area contributed by atoms with Crippen molar-refractivity contribution in [2.24, 2.45) is 0 Å². The van der Waals surface area contributed by atoms with Gasteiger partial charge in [-0.05, 0) is 0 Å². The minimum atomic E-state index is 0. The maximum atomic E-state index is 0.